The normalized spacial score (nSPS) is 11.4. The molecule has 0 aliphatic heterocycles. The first-order valence-corrected chi connectivity index (χ1v) is 7.23. The molecule has 3 rings (SSSR count). The van der Waals surface area contributed by atoms with E-state index < -0.39 is 0 Å². The molecule has 0 radical (unpaired) electrons. The number of hydrogen-bond donors (Lipinski definition) is 0. The van der Waals surface area contributed by atoms with Gasteiger partial charge in [-0.2, -0.15) is 0 Å². The van der Waals surface area contributed by atoms with Gasteiger partial charge < -0.3 is 4.40 Å². The average Bonchev–Trinajstić information content (AvgIpc) is 2.81. The van der Waals surface area contributed by atoms with E-state index in [-0.39, 0.29) is 0 Å². The van der Waals surface area contributed by atoms with E-state index in [2.05, 4.69) is 43.1 Å². The van der Waals surface area contributed by atoms with Gasteiger partial charge in [0.05, 0.1) is 10.7 Å². The molecule has 0 saturated carbocycles. The van der Waals surface area contributed by atoms with Gasteiger partial charge in [0, 0.05) is 18.0 Å². The standard InChI is InChI=1S/C17H17ClN2/c1-12(2)9-13-3-5-14(6-4-13)16-11-20-10-15(18)7-8-17(20)19-16/h3-8,10-12H,9H2,1-2H3. The minimum atomic E-state index is 0.679. The fraction of sp³-hybridized carbons (Fsp3) is 0.235. The van der Waals surface area contributed by atoms with Crippen molar-refractivity contribution in [3.05, 3.63) is 59.4 Å². The summed E-state index contributed by atoms with van der Waals surface area (Å²) in [6.45, 7) is 4.47. The van der Waals surface area contributed by atoms with E-state index in [4.69, 9.17) is 11.6 Å². The van der Waals surface area contributed by atoms with Crippen molar-refractivity contribution in [3.8, 4) is 11.3 Å². The maximum absolute atomic E-state index is 5.99. The summed E-state index contributed by atoms with van der Waals surface area (Å²) in [6, 6.07) is 12.4. The molecule has 102 valence electrons. The number of halogens is 1. The Bertz CT molecular complexity index is 726. The van der Waals surface area contributed by atoms with Crippen LogP contribution in [0.2, 0.25) is 5.02 Å². The molecule has 0 bridgehead atoms. The maximum Gasteiger partial charge on any atom is 0.137 e. The Hall–Kier alpha value is -1.80. The summed E-state index contributed by atoms with van der Waals surface area (Å²) in [5.41, 5.74) is 4.40. The van der Waals surface area contributed by atoms with Gasteiger partial charge in [0.1, 0.15) is 5.65 Å². The molecule has 0 unspecified atom stereocenters. The second-order valence-corrected chi connectivity index (χ2v) is 5.97. The average molecular weight is 285 g/mol. The van der Waals surface area contributed by atoms with Crippen LogP contribution in [0, 0.1) is 5.92 Å². The van der Waals surface area contributed by atoms with Crippen molar-refractivity contribution >= 4 is 17.2 Å². The summed E-state index contributed by atoms with van der Waals surface area (Å²) in [5, 5.41) is 0.716. The largest absolute Gasteiger partial charge is 0.305 e. The number of nitrogens with zero attached hydrogens (tertiary/aromatic N) is 2. The Morgan fingerprint density at radius 1 is 1.05 bits per heavy atom. The lowest BCUT2D eigenvalue weighted by Gasteiger charge is -2.05. The molecule has 0 amide bonds. The summed E-state index contributed by atoms with van der Waals surface area (Å²) in [7, 11) is 0. The van der Waals surface area contributed by atoms with Gasteiger partial charge >= 0.3 is 0 Å². The van der Waals surface area contributed by atoms with Crippen molar-refractivity contribution in [1.82, 2.24) is 9.38 Å². The molecule has 0 aliphatic rings. The van der Waals surface area contributed by atoms with E-state index in [1.54, 1.807) is 0 Å². The lowest BCUT2D eigenvalue weighted by molar-refractivity contribution is 0.647. The number of rotatable bonds is 3. The summed E-state index contributed by atoms with van der Waals surface area (Å²) in [5.74, 6) is 0.679. The molecule has 2 aromatic heterocycles. The second-order valence-electron chi connectivity index (χ2n) is 5.53. The topological polar surface area (TPSA) is 17.3 Å². The number of fused-ring (bicyclic) bond motifs is 1. The van der Waals surface area contributed by atoms with Crippen molar-refractivity contribution < 1.29 is 0 Å². The van der Waals surface area contributed by atoms with Crippen molar-refractivity contribution in [1.29, 1.82) is 0 Å². The van der Waals surface area contributed by atoms with Gasteiger partial charge in [-0.15, -0.1) is 0 Å². The van der Waals surface area contributed by atoms with Crippen molar-refractivity contribution in [3.63, 3.8) is 0 Å². The van der Waals surface area contributed by atoms with E-state index in [1.165, 1.54) is 5.56 Å². The molecular weight excluding hydrogens is 268 g/mol. The van der Waals surface area contributed by atoms with Crippen molar-refractivity contribution in [2.75, 3.05) is 0 Å². The van der Waals surface area contributed by atoms with Gasteiger partial charge in [-0.05, 0) is 30.0 Å². The molecule has 0 spiro atoms. The zero-order chi connectivity index (χ0) is 14.1. The molecule has 2 heterocycles. The van der Waals surface area contributed by atoms with Crippen LogP contribution < -0.4 is 0 Å². The number of aromatic nitrogens is 2. The SMILES string of the molecule is CC(C)Cc1ccc(-c2cn3cc(Cl)ccc3n2)cc1. The molecular formula is C17H17ClN2. The smallest absolute Gasteiger partial charge is 0.137 e. The Labute approximate surface area is 124 Å². The number of hydrogen-bond acceptors (Lipinski definition) is 1. The van der Waals surface area contributed by atoms with Crippen LogP contribution in [0.3, 0.4) is 0 Å². The molecule has 3 heteroatoms. The first-order valence-electron chi connectivity index (χ1n) is 6.85. The fourth-order valence-electron chi connectivity index (χ4n) is 2.39. The number of pyridine rings is 1. The van der Waals surface area contributed by atoms with Crippen LogP contribution in [0.4, 0.5) is 0 Å². The quantitative estimate of drug-likeness (QED) is 0.672. The Kier molecular flexibility index (Phi) is 3.49. The third-order valence-electron chi connectivity index (χ3n) is 3.31. The Morgan fingerprint density at radius 3 is 2.50 bits per heavy atom. The zero-order valence-corrected chi connectivity index (χ0v) is 12.4. The predicted molar refractivity (Wildman–Crippen MR) is 84.2 cm³/mol. The summed E-state index contributed by atoms with van der Waals surface area (Å²) in [4.78, 5) is 4.62. The lowest BCUT2D eigenvalue weighted by Crippen LogP contribution is -1.93. The summed E-state index contributed by atoms with van der Waals surface area (Å²) >= 11 is 5.99. The first-order chi connectivity index (χ1) is 9.61. The van der Waals surface area contributed by atoms with E-state index in [9.17, 15) is 0 Å². The van der Waals surface area contributed by atoms with E-state index >= 15 is 0 Å². The fourth-order valence-corrected chi connectivity index (χ4v) is 2.55. The Morgan fingerprint density at radius 2 is 1.80 bits per heavy atom. The van der Waals surface area contributed by atoms with Crippen LogP contribution >= 0.6 is 11.6 Å². The van der Waals surface area contributed by atoms with E-state index in [0.29, 0.717) is 10.9 Å². The molecule has 0 N–H and O–H groups in total. The third kappa shape index (κ3) is 2.70. The van der Waals surface area contributed by atoms with Crippen LogP contribution in [0.5, 0.6) is 0 Å². The molecule has 0 saturated heterocycles. The highest BCUT2D eigenvalue weighted by atomic mass is 35.5. The first kappa shape index (κ1) is 13.2. The molecule has 3 aromatic rings. The van der Waals surface area contributed by atoms with Gasteiger partial charge in [-0.25, -0.2) is 4.98 Å². The van der Waals surface area contributed by atoms with Gasteiger partial charge in [0.2, 0.25) is 0 Å². The van der Waals surface area contributed by atoms with Crippen LogP contribution in [-0.2, 0) is 6.42 Å². The minimum Gasteiger partial charge on any atom is -0.305 e. The van der Waals surface area contributed by atoms with Crippen LogP contribution in [0.15, 0.2) is 48.8 Å². The van der Waals surface area contributed by atoms with Crippen LogP contribution in [0.25, 0.3) is 16.9 Å². The molecule has 20 heavy (non-hydrogen) atoms. The van der Waals surface area contributed by atoms with E-state index in [0.717, 1.165) is 23.3 Å². The second kappa shape index (κ2) is 5.29. The monoisotopic (exact) mass is 284 g/mol. The Balaban J connectivity index is 1.94. The highest BCUT2D eigenvalue weighted by Crippen LogP contribution is 2.21. The third-order valence-corrected chi connectivity index (χ3v) is 3.53. The van der Waals surface area contributed by atoms with Gasteiger partial charge in [0.15, 0.2) is 0 Å². The molecule has 2 nitrogen and oxygen atoms in total. The summed E-state index contributed by atoms with van der Waals surface area (Å²) < 4.78 is 1.96. The molecule has 0 fully saturated rings. The predicted octanol–water partition coefficient (Wildman–Crippen LogP) is 4.85. The van der Waals surface area contributed by atoms with Gasteiger partial charge in [-0.3, -0.25) is 0 Å². The highest BCUT2D eigenvalue weighted by Gasteiger charge is 2.05. The number of benzene rings is 1. The van der Waals surface area contributed by atoms with Gasteiger partial charge in [-0.1, -0.05) is 49.7 Å². The van der Waals surface area contributed by atoms with Crippen LogP contribution in [-0.4, -0.2) is 9.38 Å². The molecule has 0 aliphatic carbocycles. The number of imidazole rings is 1. The summed E-state index contributed by atoms with van der Waals surface area (Å²) in [6.07, 6.45) is 5.00. The van der Waals surface area contributed by atoms with Crippen molar-refractivity contribution in [2.45, 2.75) is 20.3 Å². The highest BCUT2D eigenvalue weighted by molar-refractivity contribution is 6.30. The van der Waals surface area contributed by atoms with E-state index in [1.807, 2.05) is 28.9 Å². The lowest BCUT2D eigenvalue weighted by atomic mass is 10.0. The molecule has 1 aromatic carbocycles. The van der Waals surface area contributed by atoms with Gasteiger partial charge in [0.25, 0.3) is 0 Å². The van der Waals surface area contributed by atoms with Crippen molar-refractivity contribution in [2.24, 2.45) is 5.92 Å². The van der Waals surface area contributed by atoms with Crippen LogP contribution in [0.1, 0.15) is 19.4 Å². The minimum absolute atomic E-state index is 0.679. The zero-order valence-electron chi connectivity index (χ0n) is 11.7. The maximum atomic E-state index is 5.99. The molecule has 0 atom stereocenters.